The first-order chi connectivity index (χ1) is 9.38. The third kappa shape index (κ3) is 2.44. The van der Waals surface area contributed by atoms with Crippen molar-refractivity contribution in [3.8, 4) is 0 Å². The molecule has 1 unspecified atom stereocenters. The van der Waals surface area contributed by atoms with Crippen molar-refractivity contribution in [3.05, 3.63) is 53.5 Å². The standard InChI is InChI=1S/C15H18N4/c16-9-14(11-5-2-1-3-6-11)19-15-12-7-4-8-13(12)17-10-18-15/h1-3,5-6,10,14H,4,7-9,16H2,(H,17,18,19). The predicted octanol–water partition coefficient (Wildman–Crippen LogP) is 2.08. The molecule has 1 aromatic carbocycles. The van der Waals surface area contributed by atoms with Gasteiger partial charge in [-0.3, -0.25) is 0 Å². The molecule has 0 amide bonds. The van der Waals surface area contributed by atoms with Crippen molar-refractivity contribution < 1.29 is 0 Å². The van der Waals surface area contributed by atoms with Crippen molar-refractivity contribution in [2.45, 2.75) is 25.3 Å². The molecule has 4 heteroatoms. The average molecular weight is 254 g/mol. The fourth-order valence-corrected chi connectivity index (χ4v) is 2.61. The number of nitrogens with zero attached hydrogens (tertiary/aromatic N) is 2. The van der Waals surface area contributed by atoms with E-state index >= 15 is 0 Å². The Kier molecular flexibility index (Phi) is 3.42. The molecule has 4 nitrogen and oxygen atoms in total. The second-order valence-corrected chi connectivity index (χ2v) is 4.84. The van der Waals surface area contributed by atoms with Gasteiger partial charge in [0.15, 0.2) is 0 Å². The Balaban J connectivity index is 1.86. The Bertz CT molecular complexity index is 553. The zero-order chi connectivity index (χ0) is 13.1. The van der Waals surface area contributed by atoms with E-state index in [1.54, 1.807) is 6.33 Å². The van der Waals surface area contributed by atoms with E-state index in [0.29, 0.717) is 6.54 Å². The summed E-state index contributed by atoms with van der Waals surface area (Å²) in [7, 11) is 0. The summed E-state index contributed by atoms with van der Waals surface area (Å²) in [5.74, 6) is 0.946. The minimum Gasteiger partial charge on any atom is -0.362 e. The Morgan fingerprint density at radius 1 is 1.16 bits per heavy atom. The second kappa shape index (κ2) is 5.36. The number of nitrogens with one attached hydrogen (secondary N) is 1. The summed E-state index contributed by atoms with van der Waals surface area (Å²) < 4.78 is 0. The lowest BCUT2D eigenvalue weighted by atomic mass is 10.1. The van der Waals surface area contributed by atoms with Crippen LogP contribution in [0, 0.1) is 0 Å². The molecule has 0 saturated carbocycles. The van der Waals surface area contributed by atoms with Crippen molar-refractivity contribution >= 4 is 5.82 Å². The number of fused-ring (bicyclic) bond motifs is 1. The van der Waals surface area contributed by atoms with Gasteiger partial charge >= 0.3 is 0 Å². The van der Waals surface area contributed by atoms with Gasteiger partial charge in [0.2, 0.25) is 0 Å². The largest absolute Gasteiger partial charge is 0.362 e. The van der Waals surface area contributed by atoms with E-state index in [1.165, 1.54) is 23.2 Å². The van der Waals surface area contributed by atoms with Crippen molar-refractivity contribution in [2.75, 3.05) is 11.9 Å². The predicted molar refractivity (Wildman–Crippen MR) is 75.9 cm³/mol. The molecule has 0 radical (unpaired) electrons. The summed E-state index contributed by atoms with van der Waals surface area (Å²) in [6, 6.07) is 10.4. The number of rotatable bonds is 4. The first kappa shape index (κ1) is 12.1. The zero-order valence-corrected chi connectivity index (χ0v) is 10.8. The van der Waals surface area contributed by atoms with Crippen LogP contribution in [-0.4, -0.2) is 16.5 Å². The second-order valence-electron chi connectivity index (χ2n) is 4.84. The maximum Gasteiger partial charge on any atom is 0.133 e. The summed E-state index contributed by atoms with van der Waals surface area (Å²) in [5.41, 5.74) is 9.52. The molecule has 1 aromatic heterocycles. The van der Waals surface area contributed by atoms with Gasteiger partial charge in [0.25, 0.3) is 0 Å². The van der Waals surface area contributed by atoms with Gasteiger partial charge in [-0.1, -0.05) is 30.3 Å². The number of hydrogen-bond acceptors (Lipinski definition) is 4. The molecule has 19 heavy (non-hydrogen) atoms. The summed E-state index contributed by atoms with van der Waals surface area (Å²) >= 11 is 0. The van der Waals surface area contributed by atoms with Crippen LogP contribution in [0.1, 0.15) is 29.3 Å². The van der Waals surface area contributed by atoms with Crippen LogP contribution < -0.4 is 11.1 Å². The molecule has 0 bridgehead atoms. The Morgan fingerprint density at radius 3 is 2.79 bits per heavy atom. The zero-order valence-electron chi connectivity index (χ0n) is 10.8. The van der Waals surface area contributed by atoms with Crippen LogP contribution in [0.2, 0.25) is 0 Å². The molecule has 98 valence electrons. The quantitative estimate of drug-likeness (QED) is 0.876. The van der Waals surface area contributed by atoms with Gasteiger partial charge in [0.05, 0.1) is 6.04 Å². The van der Waals surface area contributed by atoms with Crippen LogP contribution in [0.15, 0.2) is 36.7 Å². The van der Waals surface area contributed by atoms with E-state index in [4.69, 9.17) is 5.73 Å². The van der Waals surface area contributed by atoms with Gasteiger partial charge in [0, 0.05) is 17.8 Å². The minimum atomic E-state index is 0.0980. The molecule has 0 aliphatic heterocycles. The molecule has 1 atom stereocenters. The maximum absolute atomic E-state index is 5.89. The molecule has 3 N–H and O–H groups in total. The van der Waals surface area contributed by atoms with Crippen molar-refractivity contribution in [1.29, 1.82) is 0 Å². The average Bonchev–Trinajstić information content (AvgIpc) is 2.95. The molecule has 1 aliphatic carbocycles. The smallest absolute Gasteiger partial charge is 0.133 e. The highest BCUT2D eigenvalue weighted by atomic mass is 15.1. The van der Waals surface area contributed by atoms with Crippen molar-refractivity contribution in [1.82, 2.24) is 9.97 Å². The lowest BCUT2D eigenvalue weighted by molar-refractivity contribution is 0.779. The first-order valence-electron chi connectivity index (χ1n) is 6.73. The molecule has 1 aliphatic rings. The maximum atomic E-state index is 5.89. The highest BCUT2D eigenvalue weighted by molar-refractivity contribution is 5.49. The van der Waals surface area contributed by atoms with Gasteiger partial charge in [-0.05, 0) is 24.8 Å². The van der Waals surface area contributed by atoms with Gasteiger partial charge in [-0.15, -0.1) is 0 Å². The number of nitrogens with two attached hydrogens (primary N) is 1. The van der Waals surface area contributed by atoms with E-state index in [9.17, 15) is 0 Å². The Labute approximate surface area is 113 Å². The monoisotopic (exact) mass is 254 g/mol. The van der Waals surface area contributed by atoms with E-state index in [2.05, 4.69) is 27.4 Å². The van der Waals surface area contributed by atoms with E-state index < -0.39 is 0 Å². The Hall–Kier alpha value is -1.94. The number of benzene rings is 1. The van der Waals surface area contributed by atoms with Crippen molar-refractivity contribution in [2.24, 2.45) is 5.73 Å². The highest BCUT2D eigenvalue weighted by Gasteiger charge is 2.19. The number of anilines is 1. The third-order valence-electron chi connectivity index (χ3n) is 3.62. The van der Waals surface area contributed by atoms with Gasteiger partial charge in [0.1, 0.15) is 12.1 Å². The Morgan fingerprint density at radius 2 is 2.00 bits per heavy atom. The lowest BCUT2D eigenvalue weighted by Crippen LogP contribution is -2.22. The highest BCUT2D eigenvalue weighted by Crippen LogP contribution is 2.27. The molecule has 0 spiro atoms. The fourth-order valence-electron chi connectivity index (χ4n) is 2.61. The SMILES string of the molecule is NCC(Nc1ncnc2c1CCC2)c1ccccc1. The van der Waals surface area contributed by atoms with Crippen LogP contribution in [0.25, 0.3) is 0 Å². The molecule has 1 heterocycles. The summed E-state index contributed by atoms with van der Waals surface area (Å²) in [4.78, 5) is 8.73. The number of hydrogen-bond donors (Lipinski definition) is 2. The van der Waals surface area contributed by atoms with E-state index in [0.717, 1.165) is 18.7 Å². The van der Waals surface area contributed by atoms with Crippen LogP contribution in [0.4, 0.5) is 5.82 Å². The third-order valence-corrected chi connectivity index (χ3v) is 3.62. The molecule has 0 fully saturated rings. The fraction of sp³-hybridized carbons (Fsp3) is 0.333. The molecular weight excluding hydrogens is 236 g/mol. The summed E-state index contributed by atoms with van der Waals surface area (Å²) in [6.45, 7) is 0.544. The van der Waals surface area contributed by atoms with Gasteiger partial charge in [-0.25, -0.2) is 9.97 Å². The van der Waals surface area contributed by atoms with Crippen LogP contribution >= 0.6 is 0 Å². The topological polar surface area (TPSA) is 63.8 Å². The van der Waals surface area contributed by atoms with Crippen LogP contribution in [0.3, 0.4) is 0 Å². The number of aromatic nitrogens is 2. The summed E-state index contributed by atoms with van der Waals surface area (Å²) in [5, 5.41) is 3.47. The first-order valence-corrected chi connectivity index (χ1v) is 6.73. The van der Waals surface area contributed by atoms with Crippen molar-refractivity contribution in [3.63, 3.8) is 0 Å². The van der Waals surface area contributed by atoms with Gasteiger partial charge in [-0.2, -0.15) is 0 Å². The molecule has 0 saturated heterocycles. The number of aryl methyl sites for hydroxylation is 1. The molecule has 2 aromatic rings. The summed E-state index contributed by atoms with van der Waals surface area (Å²) in [6.07, 6.45) is 4.93. The molecule has 3 rings (SSSR count). The van der Waals surface area contributed by atoms with E-state index in [1.807, 2.05) is 18.2 Å². The normalized spacial score (nSPS) is 15.0. The van der Waals surface area contributed by atoms with Crippen LogP contribution in [0.5, 0.6) is 0 Å². The van der Waals surface area contributed by atoms with Crippen LogP contribution in [-0.2, 0) is 12.8 Å². The molecular formula is C15H18N4. The van der Waals surface area contributed by atoms with Gasteiger partial charge < -0.3 is 11.1 Å². The lowest BCUT2D eigenvalue weighted by Gasteiger charge is -2.19. The minimum absolute atomic E-state index is 0.0980. The van der Waals surface area contributed by atoms with E-state index in [-0.39, 0.29) is 6.04 Å².